The quantitative estimate of drug-likeness (QED) is 0.723. The van der Waals surface area contributed by atoms with E-state index in [9.17, 15) is 14.4 Å². The minimum absolute atomic E-state index is 0.180. The van der Waals surface area contributed by atoms with Crippen molar-refractivity contribution in [3.63, 3.8) is 0 Å². The molecule has 114 valence electrons. The van der Waals surface area contributed by atoms with Crippen LogP contribution in [0.3, 0.4) is 0 Å². The molecule has 8 nitrogen and oxygen atoms in total. The number of aliphatic carboxylic acids is 1. The fraction of sp³-hybridized carbons (Fsp3) is 0.385. The van der Waals surface area contributed by atoms with E-state index in [-0.39, 0.29) is 12.3 Å². The molecule has 1 rings (SSSR count). The average molecular weight is 294 g/mol. The number of aromatic nitrogens is 1. The number of carbonyl (C=O) groups is 3. The Morgan fingerprint density at radius 2 is 2.00 bits per heavy atom. The third-order valence-electron chi connectivity index (χ3n) is 2.57. The van der Waals surface area contributed by atoms with Gasteiger partial charge in [-0.1, -0.05) is 0 Å². The molecule has 8 heteroatoms. The van der Waals surface area contributed by atoms with Crippen LogP contribution in [0.4, 0.5) is 10.5 Å². The number of pyridine rings is 1. The first-order valence-corrected chi connectivity index (χ1v) is 6.25. The summed E-state index contributed by atoms with van der Waals surface area (Å²) in [6, 6.07) is 1.87. The van der Waals surface area contributed by atoms with E-state index in [0.29, 0.717) is 11.4 Å². The van der Waals surface area contributed by atoms with E-state index < -0.39 is 18.0 Å². The third-order valence-corrected chi connectivity index (χ3v) is 2.57. The second-order valence-electron chi connectivity index (χ2n) is 4.66. The molecular formula is C13H18N4O4. The van der Waals surface area contributed by atoms with Crippen LogP contribution in [0.15, 0.2) is 18.3 Å². The Bertz CT molecular complexity index is 527. The maximum absolute atomic E-state index is 11.7. The smallest absolute Gasteiger partial charge is 0.319 e. The molecule has 0 saturated heterocycles. The molecule has 1 heterocycles. The highest BCUT2D eigenvalue weighted by molar-refractivity contribution is 5.93. The van der Waals surface area contributed by atoms with Gasteiger partial charge in [0.2, 0.25) is 5.91 Å². The Hall–Kier alpha value is -2.64. The largest absolute Gasteiger partial charge is 0.481 e. The summed E-state index contributed by atoms with van der Waals surface area (Å²) in [5.41, 5.74) is 0.802. The second kappa shape index (κ2) is 7.22. The lowest BCUT2D eigenvalue weighted by Gasteiger charge is -2.18. The Balaban J connectivity index is 2.55. The summed E-state index contributed by atoms with van der Waals surface area (Å²) in [5, 5.41) is 13.6. The van der Waals surface area contributed by atoms with E-state index in [4.69, 9.17) is 5.11 Å². The number of amides is 3. The number of likely N-dealkylation sites (N-methyl/N-ethyl adjacent to an activating group) is 1. The molecule has 1 aromatic rings. The summed E-state index contributed by atoms with van der Waals surface area (Å²) in [6.07, 6.45) is 1.18. The summed E-state index contributed by atoms with van der Waals surface area (Å²) < 4.78 is 0. The van der Waals surface area contributed by atoms with Gasteiger partial charge in [0.15, 0.2) is 0 Å². The van der Waals surface area contributed by atoms with E-state index in [1.54, 1.807) is 27.1 Å². The van der Waals surface area contributed by atoms with Crippen LogP contribution in [0.1, 0.15) is 12.6 Å². The van der Waals surface area contributed by atoms with E-state index in [0.717, 1.165) is 0 Å². The van der Waals surface area contributed by atoms with Crippen molar-refractivity contribution in [2.24, 2.45) is 0 Å². The minimum atomic E-state index is -0.975. The molecule has 21 heavy (non-hydrogen) atoms. The molecule has 0 aromatic carbocycles. The van der Waals surface area contributed by atoms with E-state index in [2.05, 4.69) is 15.6 Å². The lowest BCUT2D eigenvalue weighted by Crippen LogP contribution is -2.45. The Morgan fingerprint density at radius 1 is 1.33 bits per heavy atom. The lowest BCUT2D eigenvalue weighted by molar-refractivity contribution is -0.136. The second-order valence-corrected chi connectivity index (χ2v) is 4.66. The summed E-state index contributed by atoms with van der Waals surface area (Å²) >= 11 is 0. The number of nitrogens with zero attached hydrogens (tertiary/aromatic N) is 2. The number of carbonyl (C=O) groups excluding carboxylic acids is 2. The van der Waals surface area contributed by atoms with Crippen molar-refractivity contribution >= 4 is 23.6 Å². The van der Waals surface area contributed by atoms with Crippen LogP contribution in [0, 0.1) is 0 Å². The van der Waals surface area contributed by atoms with Gasteiger partial charge in [-0.05, 0) is 19.1 Å². The van der Waals surface area contributed by atoms with Crippen molar-refractivity contribution in [1.82, 2.24) is 15.2 Å². The van der Waals surface area contributed by atoms with Gasteiger partial charge in [0, 0.05) is 14.1 Å². The standard InChI is InChI=1S/C13H18N4O4/c1-8(12(20)17(2)3)15-13(21)16-10-5-4-9(14-7-10)6-11(18)19/h4-5,7-8H,6H2,1-3H3,(H,18,19)(H2,15,16,21). The third kappa shape index (κ3) is 5.47. The summed E-state index contributed by atoms with van der Waals surface area (Å²) in [6.45, 7) is 1.58. The van der Waals surface area contributed by atoms with Gasteiger partial charge in [-0.3, -0.25) is 14.6 Å². The molecule has 0 aliphatic heterocycles. The number of urea groups is 1. The molecular weight excluding hydrogens is 276 g/mol. The predicted octanol–water partition coefficient (Wildman–Crippen LogP) is 0.307. The van der Waals surface area contributed by atoms with Crippen LogP contribution in [0.5, 0.6) is 0 Å². The van der Waals surface area contributed by atoms with Crippen molar-refractivity contribution in [3.05, 3.63) is 24.0 Å². The summed E-state index contributed by atoms with van der Waals surface area (Å²) in [5.74, 6) is -1.20. The Kier molecular flexibility index (Phi) is 5.65. The normalized spacial score (nSPS) is 11.4. The van der Waals surface area contributed by atoms with Gasteiger partial charge in [0.1, 0.15) is 6.04 Å². The number of hydrogen-bond donors (Lipinski definition) is 3. The molecule has 0 saturated carbocycles. The SMILES string of the molecule is CC(NC(=O)Nc1ccc(CC(=O)O)nc1)C(=O)N(C)C. The molecule has 3 amide bonds. The number of carboxylic acids is 1. The van der Waals surface area contributed by atoms with Gasteiger partial charge in [0.05, 0.1) is 24.0 Å². The van der Waals surface area contributed by atoms with Crippen molar-refractivity contribution in [3.8, 4) is 0 Å². The zero-order valence-electron chi connectivity index (χ0n) is 12.1. The molecule has 1 unspecified atom stereocenters. The van der Waals surface area contributed by atoms with Crippen molar-refractivity contribution < 1.29 is 19.5 Å². The van der Waals surface area contributed by atoms with Gasteiger partial charge in [-0.2, -0.15) is 0 Å². The highest BCUT2D eigenvalue weighted by Gasteiger charge is 2.17. The molecule has 0 fully saturated rings. The highest BCUT2D eigenvalue weighted by atomic mass is 16.4. The topological polar surface area (TPSA) is 112 Å². The number of hydrogen-bond acceptors (Lipinski definition) is 4. The van der Waals surface area contributed by atoms with Crippen LogP contribution < -0.4 is 10.6 Å². The number of carboxylic acid groups (broad SMARTS) is 1. The minimum Gasteiger partial charge on any atom is -0.481 e. The molecule has 1 atom stereocenters. The fourth-order valence-electron chi connectivity index (χ4n) is 1.57. The van der Waals surface area contributed by atoms with Crippen molar-refractivity contribution in [2.75, 3.05) is 19.4 Å². The van der Waals surface area contributed by atoms with Crippen LogP contribution in [-0.2, 0) is 16.0 Å². The van der Waals surface area contributed by atoms with E-state index in [1.165, 1.54) is 17.2 Å². The highest BCUT2D eigenvalue weighted by Crippen LogP contribution is 2.06. The van der Waals surface area contributed by atoms with Crippen LogP contribution in [0.2, 0.25) is 0 Å². The zero-order valence-corrected chi connectivity index (χ0v) is 12.1. The van der Waals surface area contributed by atoms with E-state index >= 15 is 0 Å². The molecule has 3 N–H and O–H groups in total. The van der Waals surface area contributed by atoms with Gasteiger partial charge in [0.25, 0.3) is 0 Å². The molecule has 0 spiro atoms. The van der Waals surface area contributed by atoms with Gasteiger partial charge >= 0.3 is 12.0 Å². The first kappa shape index (κ1) is 16.4. The first-order chi connectivity index (χ1) is 9.79. The van der Waals surface area contributed by atoms with E-state index in [1.807, 2.05) is 0 Å². The Morgan fingerprint density at radius 3 is 2.48 bits per heavy atom. The lowest BCUT2D eigenvalue weighted by atomic mass is 10.2. The van der Waals surface area contributed by atoms with Gasteiger partial charge < -0.3 is 20.6 Å². The number of rotatable bonds is 5. The molecule has 0 aliphatic carbocycles. The van der Waals surface area contributed by atoms with Crippen molar-refractivity contribution in [2.45, 2.75) is 19.4 Å². The Labute approximate surface area is 122 Å². The van der Waals surface area contributed by atoms with Gasteiger partial charge in [-0.25, -0.2) is 4.79 Å². The summed E-state index contributed by atoms with van der Waals surface area (Å²) in [4.78, 5) is 39.1. The average Bonchev–Trinajstić information content (AvgIpc) is 2.39. The zero-order chi connectivity index (χ0) is 16.0. The summed E-state index contributed by atoms with van der Waals surface area (Å²) in [7, 11) is 3.20. The van der Waals surface area contributed by atoms with Crippen LogP contribution >= 0.6 is 0 Å². The number of anilines is 1. The molecule has 0 bridgehead atoms. The first-order valence-electron chi connectivity index (χ1n) is 6.25. The van der Waals surface area contributed by atoms with Crippen molar-refractivity contribution in [1.29, 1.82) is 0 Å². The maximum Gasteiger partial charge on any atom is 0.319 e. The maximum atomic E-state index is 11.7. The van der Waals surface area contributed by atoms with Crippen LogP contribution in [0.25, 0.3) is 0 Å². The number of nitrogens with one attached hydrogen (secondary N) is 2. The molecule has 0 aliphatic rings. The predicted molar refractivity (Wildman–Crippen MR) is 75.9 cm³/mol. The van der Waals surface area contributed by atoms with Gasteiger partial charge in [-0.15, -0.1) is 0 Å². The monoisotopic (exact) mass is 294 g/mol. The molecule has 1 aromatic heterocycles. The molecule has 0 radical (unpaired) electrons. The fourth-order valence-corrected chi connectivity index (χ4v) is 1.57. The van der Waals surface area contributed by atoms with Crippen LogP contribution in [-0.4, -0.2) is 53.0 Å².